The monoisotopic (exact) mass is 285 g/mol. The molecule has 5 nitrogen and oxygen atoms in total. The van der Waals surface area contributed by atoms with E-state index in [2.05, 4.69) is 0 Å². The summed E-state index contributed by atoms with van der Waals surface area (Å²) < 4.78 is 5.02. The normalized spacial score (nSPS) is 22.9. The Bertz CT molecular complexity index is 373. The van der Waals surface area contributed by atoms with Crippen molar-refractivity contribution < 1.29 is 19.4 Å². The molecule has 1 heterocycles. The summed E-state index contributed by atoms with van der Waals surface area (Å²) in [4.78, 5) is 25.5. The Morgan fingerprint density at radius 3 is 2.40 bits per heavy atom. The highest BCUT2D eigenvalue weighted by molar-refractivity contribution is 5.95. The molecule has 0 spiro atoms. The number of cyclic esters (lactones) is 1. The summed E-state index contributed by atoms with van der Waals surface area (Å²) in [5, 5.41) is 10.1. The molecule has 1 aliphatic heterocycles. The van der Waals surface area contributed by atoms with Gasteiger partial charge in [0, 0.05) is 0 Å². The summed E-state index contributed by atoms with van der Waals surface area (Å²) in [6.45, 7) is 11.8. The number of hydrogen-bond acceptors (Lipinski definition) is 4. The molecule has 1 saturated heterocycles. The van der Waals surface area contributed by atoms with Crippen LogP contribution < -0.4 is 0 Å². The molecule has 116 valence electrons. The van der Waals surface area contributed by atoms with Gasteiger partial charge in [-0.15, -0.1) is 0 Å². The third-order valence-corrected chi connectivity index (χ3v) is 3.79. The number of nitrogens with zero attached hydrogens (tertiary/aromatic N) is 1. The van der Waals surface area contributed by atoms with Gasteiger partial charge in [-0.2, -0.15) is 0 Å². The Morgan fingerprint density at radius 2 is 1.95 bits per heavy atom. The molecule has 0 bridgehead atoms. The number of aliphatic hydroxyl groups excluding tert-OH is 1. The Hall–Kier alpha value is -1.10. The maximum absolute atomic E-state index is 12.5. The maximum atomic E-state index is 12.5. The highest BCUT2D eigenvalue weighted by Crippen LogP contribution is 2.31. The fourth-order valence-electron chi connectivity index (χ4n) is 2.37. The SMILES string of the molecule is CC(C)C[C@@H](O)[C@@H](C)C(=O)N1C(=O)OC[C@@H]1C(C)(C)C. The number of amides is 2. The Morgan fingerprint density at radius 1 is 1.40 bits per heavy atom. The fourth-order valence-corrected chi connectivity index (χ4v) is 2.37. The number of hydrogen-bond donors (Lipinski definition) is 1. The van der Waals surface area contributed by atoms with Crippen molar-refractivity contribution in [2.24, 2.45) is 17.3 Å². The van der Waals surface area contributed by atoms with Crippen molar-refractivity contribution in [1.82, 2.24) is 4.90 Å². The lowest BCUT2D eigenvalue weighted by Crippen LogP contribution is -2.49. The zero-order valence-electron chi connectivity index (χ0n) is 13.3. The van der Waals surface area contributed by atoms with Crippen LogP contribution in [0.3, 0.4) is 0 Å². The second kappa shape index (κ2) is 6.12. The van der Waals surface area contributed by atoms with Crippen LogP contribution in [0.1, 0.15) is 48.0 Å². The first-order chi connectivity index (χ1) is 9.05. The molecule has 1 fully saturated rings. The molecule has 5 heteroatoms. The van der Waals surface area contributed by atoms with Crippen molar-refractivity contribution in [2.45, 2.75) is 60.1 Å². The molecular weight excluding hydrogens is 258 g/mol. The van der Waals surface area contributed by atoms with Crippen LogP contribution in [0.4, 0.5) is 4.79 Å². The van der Waals surface area contributed by atoms with E-state index in [0.717, 1.165) is 0 Å². The van der Waals surface area contributed by atoms with E-state index in [1.54, 1.807) is 6.92 Å². The molecule has 0 radical (unpaired) electrons. The van der Waals surface area contributed by atoms with Gasteiger partial charge in [0.1, 0.15) is 6.61 Å². The maximum Gasteiger partial charge on any atom is 0.417 e. The van der Waals surface area contributed by atoms with Crippen molar-refractivity contribution in [3.63, 3.8) is 0 Å². The van der Waals surface area contributed by atoms with Gasteiger partial charge in [-0.05, 0) is 17.8 Å². The summed E-state index contributed by atoms with van der Waals surface area (Å²) >= 11 is 0. The van der Waals surface area contributed by atoms with Crippen molar-refractivity contribution >= 4 is 12.0 Å². The number of rotatable bonds is 4. The first-order valence-electron chi connectivity index (χ1n) is 7.23. The fraction of sp³-hybridized carbons (Fsp3) is 0.867. The van der Waals surface area contributed by atoms with Crippen LogP contribution in [0.2, 0.25) is 0 Å². The van der Waals surface area contributed by atoms with Gasteiger partial charge in [-0.25, -0.2) is 9.69 Å². The van der Waals surface area contributed by atoms with Gasteiger partial charge < -0.3 is 9.84 Å². The molecule has 1 aliphatic rings. The summed E-state index contributed by atoms with van der Waals surface area (Å²) in [6.07, 6.45) is -0.800. The molecule has 3 atom stereocenters. The predicted molar refractivity (Wildman–Crippen MR) is 76.1 cm³/mol. The molecule has 0 saturated carbocycles. The highest BCUT2D eigenvalue weighted by Gasteiger charge is 2.46. The van der Waals surface area contributed by atoms with Crippen LogP contribution in [0.25, 0.3) is 0 Å². The number of carbonyl (C=O) groups is 2. The smallest absolute Gasteiger partial charge is 0.417 e. The van der Waals surface area contributed by atoms with E-state index in [-0.39, 0.29) is 24.0 Å². The van der Waals surface area contributed by atoms with Crippen LogP contribution in [0.5, 0.6) is 0 Å². The van der Waals surface area contributed by atoms with Gasteiger partial charge in [0.2, 0.25) is 5.91 Å². The summed E-state index contributed by atoms with van der Waals surface area (Å²) in [7, 11) is 0. The highest BCUT2D eigenvalue weighted by atomic mass is 16.6. The molecule has 1 N–H and O–H groups in total. The quantitative estimate of drug-likeness (QED) is 0.861. The van der Waals surface area contributed by atoms with Crippen LogP contribution >= 0.6 is 0 Å². The number of imide groups is 1. The average molecular weight is 285 g/mol. The van der Waals surface area contributed by atoms with Crippen molar-refractivity contribution in [3.8, 4) is 0 Å². The second-order valence-electron chi connectivity index (χ2n) is 7.15. The second-order valence-corrected chi connectivity index (χ2v) is 7.15. The standard InChI is InChI=1S/C15H27NO4/c1-9(2)7-11(17)10(3)13(18)16-12(15(4,5)6)8-20-14(16)19/h9-12,17H,7-8H2,1-6H3/t10-,11-,12-/m1/s1. The molecule has 0 aromatic carbocycles. The van der Waals surface area contributed by atoms with Gasteiger partial charge >= 0.3 is 6.09 Å². The van der Waals surface area contributed by atoms with E-state index in [9.17, 15) is 14.7 Å². The van der Waals surface area contributed by atoms with E-state index in [1.165, 1.54) is 4.90 Å². The van der Waals surface area contributed by atoms with E-state index < -0.39 is 18.1 Å². The number of aliphatic hydroxyl groups is 1. The zero-order chi connectivity index (χ0) is 15.7. The van der Waals surface area contributed by atoms with E-state index in [1.807, 2.05) is 34.6 Å². The van der Waals surface area contributed by atoms with Gasteiger partial charge in [-0.3, -0.25) is 4.79 Å². The largest absolute Gasteiger partial charge is 0.447 e. The minimum Gasteiger partial charge on any atom is -0.447 e. The molecular formula is C15H27NO4. The molecule has 2 amide bonds. The lowest BCUT2D eigenvalue weighted by Gasteiger charge is -2.33. The molecule has 0 unspecified atom stereocenters. The third kappa shape index (κ3) is 3.72. The minimum absolute atomic E-state index is 0.223. The first kappa shape index (κ1) is 17.0. The third-order valence-electron chi connectivity index (χ3n) is 3.79. The predicted octanol–water partition coefficient (Wildman–Crippen LogP) is 2.42. The first-order valence-corrected chi connectivity index (χ1v) is 7.23. The molecule has 1 rings (SSSR count). The van der Waals surface area contributed by atoms with E-state index >= 15 is 0 Å². The summed E-state index contributed by atoms with van der Waals surface area (Å²) in [5.74, 6) is -0.655. The average Bonchev–Trinajstić information content (AvgIpc) is 2.68. The Kier molecular flexibility index (Phi) is 5.19. The number of ether oxygens (including phenoxy) is 1. The Balaban J connectivity index is 2.85. The number of carbonyl (C=O) groups excluding carboxylic acids is 2. The van der Waals surface area contributed by atoms with Gasteiger partial charge in [-0.1, -0.05) is 41.5 Å². The van der Waals surface area contributed by atoms with Crippen molar-refractivity contribution in [3.05, 3.63) is 0 Å². The van der Waals surface area contributed by atoms with Gasteiger partial charge in [0.25, 0.3) is 0 Å². The molecule has 20 heavy (non-hydrogen) atoms. The lowest BCUT2D eigenvalue weighted by atomic mass is 9.85. The summed E-state index contributed by atoms with van der Waals surface area (Å²) in [6, 6.07) is -0.281. The zero-order valence-corrected chi connectivity index (χ0v) is 13.3. The topological polar surface area (TPSA) is 66.8 Å². The van der Waals surface area contributed by atoms with Crippen molar-refractivity contribution in [1.29, 1.82) is 0 Å². The van der Waals surface area contributed by atoms with E-state index in [4.69, 9.17) is 4.74 Å². The van der Waals surface area contributed by atoms with Crippen LogP contribution in [-0.2, 0) is 9.53 Å². The van der Waals surface area contributed by atoms with E-state index in [0.29, 0.717) is 12.3 Å². The lowest BCUT2D eigenvalue weighted by molar-refractivity contribution is -0.138. The van der Waals surface area contributed by atoms with Gasteiger partial charge in [0.15, 0.2) is 0 Å². The molecule has 0 aromatic heterocycles. The van der Waals surface area contributed by atoms with Crippen LogP contribution in [0, 0.1) is 17.3 Å². The Labute approximate surface area is 121 Å². The summed E-state index contributed by atoms with van der Waals surface area (Å²) in [5.41, 5.74) is -0.245. The van der Waals surface area contributed by atoms with Crippen LogP contribution in [0.15, 0.2) is 0 Å². The van der Waals surface area contributed by atoms with Gasteiger partial charge in [0.05, 0.1) is 18.1 Å². The molecule has 0 aliphatic carbocycles. The van der Waals surface area contributed by atoms with Crippen molar-refractivity contribution in [2.75, 3.05) is 6.61 Å². The van der Waals surface area contributed by atoms with Crippen LogP contribution in [-0.4, -0.2) is 40.8 Å². The minimum atomic E-state index is -0.739. The molecule has 0 aromatic rings.